The number of hydrogen-bond donors (Lipinski definition) is 1. The van der Waals surface area contributed by atoms with E-state index < -0.39 is 0 Å². The zero-order valence-electron chi connectivity index (χ0n) is 22.7. The summed E-state index contributed by atoms with van der Waals surface area (Å²) in [4.78, 5) is 18.2. The largest absolute Gasteiger partial charge is 0.379 e. The molecular weight excluding hydrogens is 497 g/mol. The quantitative estimate of drug-likeness (QED) is 0.215. The molecule has 0 bridgehead atoms. The van der Waals surface area contributed by atoms with E-state index in [0.29, 0.717) is 59.0 Å². The van der Waals surface area contributed by atoms with Crippen molar-refractivity contribution in [2.24, 2.45) is 0 Å². The number of fused-ring (bicyclic) bond motifs is 2. The molecule has 2 aromatic heterocycles. The molecule has 0 aliphatic carbocycles. The molecule has 2 aromatic carbocycles. The summed E-state index contributed by atoms with van der Waals surface area (Å²) in [6, 6.07) is 13.6. The first-order chi connectivity index (χ1) is 19.1. The van der Waals surface area contributed by atoms with Gasteiger partial charge in [0.05, 0.1) is 32.5 Å². The third kappa shape index (κ3) is 6.69. The van der Waals surface area contributed by atoms with Crippen LogP contribution in [-0.2, 0) is 19.0 Å². The SMILES string of the molecule is CCOCCOCCOCCCC(=O)N1CCC[C@H](n2ccc3ccc(-c4c[nH]c5ccc(F)cc45)cc32)C1. The average Bonchev–Trinajstić information content (AvgIpc) is 3.57. The number of hydrogen-bond acceptors (Lipinski definition) is 4. The van der Waals surface area contributed by atoms with Crippen LogP contribution in [0.5, 0.6) is 0 Å². The number of H-pyrrole nitrogens is 1. The van der Waals surface area contributed by atoms with Gasteiger partial charge in [0.2, 0.25) is 5.91 Å². The molecule has 1 aliphatic heterocycles. The number of benzene rings is 2. The van der Waals surface area contributed by atoms with Gasteiger partial charge in [0.15, 0.2) is 0 Å². The van der Waals surface area contributed by atoms with E-state index in [-0.39, 0.29) is 17.8 Å². The summed E-state index contributed by atoms with van der Waals surface area (Å²) in [5.74, 6) is -0.0528. The maximum Gasteiger partial charge on any atom is 0.222 e. The first-order valence-electron chi connectivity index (χ1n) is 14.0. The zero-order chi connectivity index (χ0) is 27.0. The van der Waals surface area contributed by atoms with E-state index >= 15 is 0 Å². The fourth-order valence-corrected chi connectivity index (χ4v) is 5.44. The molecule has 5 rings (SSSR count). The molecular formula is C31H38FN3O4. The highest BCUT2D eigenvalue weighted by atomic mass is 19.1. The molecule has 1 fully saturated rings. The Labute approximate surface area is 228 Å². The Balaban J connectivity index is 1.17. The van der Waals surface area contributed by atoms with Gasteiger partial charge in [0, 0.05) is 67.1 Å². The van der Waals surface area contributed by atoms with E-state index in [4.69, 9.17) is 14.2 Å². The highest BCUT2D eigenvalue weighted by molar-refractivity contribution is 5.97. The summed E-state index contributed by atoms with van der Waals surface area (Å²) in [6.45, 7) is 6.98. The van der Waals surface area contributed by atoms with Gasteiger partial charge in [-0.05, 0) is 67.5 Å². The highest BCUT2D eigenvalue weighted by Gasteiger charge is 2.25. The van der Waals surface area contributed by atoms with Crippen molar-refractivity contribution >= 4 is 27.7 Å². The number of carbonyl (C=O) groups excluding carboxylic acids is 1. The van der Waals surface area contributed by atoms with Crippen LogP contribution in [0.2, 0.25) is 0 Å². The lowest BCUT2D eigenvalue weighted by molar-refractivity contribution is -0.133. The van der Waals surface area contributed by atoms with Crippen LogP contribution in [0.25, 0.3) is 32.9 Å². The Morgan fingerprint density at radius 1 is 1.03 bits per heavy atom. The molecule has 1 N–H and O–H groups in total. The Morgan fingerprint density at radius 3 is 2.69 bits per heavy atom. The van der Waals surface area contributed by atoms with Crippen molar-refractivity contribution in [2.45, 2.75) is 38.6 Å². The van der Waals surface area contributed by atoms with Crippen LogP contribution in [0.3, 0.4) is 0 Å². The second-order valence-corrected chi connectivity index (χ2v) is 10.0. The number of amides is 1. The van der Waals surface area contributed by atoms with Crippen LogP contribution >= 0.6 is 0 Å². The summed E-state index contributed by atoms with van der Waals surface area (Å²) < 4.78 is 32.6. The minimum absolute atomic E-state index is 0.189. The lowest BCUT2D eigenvalue weighted by Crippen LogP contribution is -2.40. The van der Waals surface area contributed by atoms with Gasteiger partial charge in [-0.3, -0.25) is 4.79 Å². The second kappa shape index (κ2) is 13.2. The molecule has 208 valence electrons. The summed E-state index contributed by atoms with van der Waals surface area (Å²) in [5.41, 5.74) is 4.08. The monoisotopic (exact) mass is 535 g/mol. The molecule has 39 heavy (non-hydrogen) atoms. The Hall–Kier alpha value is -3.20. The minimum atomic E-state index is -0.242. The van der Waals surface area contributed by atoms with Crippen LogP contribution in [0.15, 0.2) is 54.9 Å². The van der Waals surface area contributed by atoms with Crippen LogP contribution in [-0.4, -0.2) is 73.1 Å². The van der Waals surface area contributed by atoms with Crippen LogP contribution in [0, 0.1) is 5.82 Å². The number of nitrogens with zero attached hydrogens (tertiary/aromatic N) is 2. The van der Waals surface area contributed by atoms with Crippen molar-refractivity contribution in [3.05, 3.63) is 60.7 Å². The van der Waals surface area contributed by atoms with E-state index in [2.05, 4.69) is 40.0 Å². The van der Waals surface area contributed by atoms with Crippen molar-refractivity contribution in [1.82, 2.24) is 14.5 Å². The van der Waals surface area contributed by atoms with E-state index in [1.54, 1.807) is 12.1 Å². The van der Waals surface area contributed by atoms with Gasteiger partial charge >= 0.3 is 0 Å². The first kappa shape index (κ1) is 27.4. The Kier molecular flexibility index (Phi) is 9.29. The summed E-state index contributed by atoms with van der Waals surface area (Å²) in [5, 5.41) is 2.03. The number of likely N-dealkylation sites (tertiary alicyclic amines) is 1. The molecule has 1 amide bonds. The van der Waals surface area contributed by atoms with Gasteiger partial charge in [-0.2, -0.15) is 0 Å². The molecule has 1 saturated heterocycles. The molecule has 4 aromatic rings. The Bertz CT molecular complexity index is 1380. The lowest BCUT2D eigenvalue weighted by Gasteiger charge is -2.34. The highest BCUT2D eigenvalue weighted by Crippen LogP contribution is 2.33. The summed E-state index contributed by atoms with van der Waals surface area (Å²) in [7, 11) is 0. The molecule has 0 radical (unpaired) electrons. The third-order valence-electron chi connectivity index (χ3n) is 7.45. The van der Waals surface area contributed by atoms with Gasteiger partial charge < -0.3 is 28.7 Å². The van der Waals surface area contributed by atoms with Crippen molar-refractivity contribution in [1.29, 1.82) is 0 Å². The van der Waals surface area contributed by atoms with Gasteiger partial charge in [-0.1, -0.05) is 12.1 Å². The zero-order valence-corrected chi connectivity index (χ0v) is 22.7. The Morgan fingerprint density at radius 2 is 1.85 bits per heavy atom. The van der Waals surface area contributed by atoms with E-state index in [1.807, 2.05) is 18.0 Å². The second-order valence-electron chi connectivity index (χ2n) is 10.0. The molecule has 1 aliphatic rings. The number of ether oxygens (including phenoxy) is 3. The van der Waals surface area contributed by atoms with Crippen molar-refractivity contribution in [2.75, 3.05) is 52.7 Å². The number of aromatic nitrogens is 2. The number of rotatable bonds is 13. The van der Waals surface area contributed by atoms with Gasteiger partial charge in [-0.15, -0.1) is 0 Å². The molecule has 0 saturated carbocycles. The number of nitrogens with one attached hydrogen (secondary N) is 1. The van der Waals surface area contributed by atoms with Crippen molar-refractivity contribution < 1.29 is 23.4 Å². The molecule has 1 atom stereocenters. The topological polar surface area (TPSA) is 68.7 Å². The molecule has 0 unspecified atom stereocenters. The van der Waals surface area contributed by atoms with Crippen LogP contribution in [0.4, 0.5) is 4.39 Å². The fraction of sp³-hybridized carbons (Fsp3) is 0.452. The van der Waals surface area contributed by atoms with Crippen molar-refractivity contribution in [3.8, 4) is 11.1 Å². The molecule has 3 heterocycles. The normalized spacial score (nSPS) is 15.9. The first-order valence-corrected chi connectivity index (χ1v) is 14.0. The summed E-state index contributed by atoms with van der Waals surface area (Å²) in [6.07, 6.45) is 7.28. The van der Waals surface area contributed by atoms with Gasteiger partial charge in [0.1, 0.15) is 5.82 Å². The maximum atomic E-state index is 14.0. The lowest BCUT2D eigenvalue weighted by atomic mass is 10.0. The average molecular weight is 536 g/mol. The number of piperidine rings is 1. The summed E-state index contributed by atoms with van der Waals surface area (Å²) >= 11 is 0. The predicted octanol–water partition coefficient (Wildman–Crippen LogP) is 5.94. The third-order valence-corrected chi connectivity index (χ3v) is 7.45. The smallest absolute Gasteiger partial charge is 0.222 e. The molecule has 7 nitrogen and oxygen atoms in total. The molecule has 8 heteroatoms. The molecule has 0 spiro atoms. The van der Waals surface area contributed by atoms with Gasteiger partial charge in [0.25, 0.3) is 0 Å². The standard InChI is InChI=1S/C31H38FN3O4/c1-2-37-15-16-39-18-17-38-14-4-6-31(36)34-12-3-5-26(22-34)35-13-11-23-7-8-24(19-30(23)35)28-21-33-29-10-9-25(32)20-27(28)29/h7-11,13,19-21,26,33H,2-6,12,14-18,22H2,1H3/t26-/m0/s1. The number of carbonyl (C=O) groups is 1. The fourth-order valence-electron chi connectivity index (χ4n) is 5.44. The van der Waals surface area contributed by atoms with Crippen LogP contribution in [0.1, 0.15) is 38.6 Å². The maximum absolute atomic E-state index is 14.0. The van der Waals surface area contributed by atoms with E-state index in [1.165, 1.54) is 6.07 Å². The predicted molar refractivity (Wildman–Crippen MR) is 151 cm³/mol. The van der Waals surface area contributed by atoms with Crippen LogP contribution < -0.4 is 0 Å². The number of aromatic amines is 1. The minimum Gasteiger partial charge on any atom is -0.379 e. The van der Waals surface area contributed by atoms with E-state index in [0.717, 1.165) is 52.3 Å². The number of halogens is 1. The van der Waals surface area contributed by atoms with Gasteiger partial charge in [-0.25, -0.2) is 4.39 Å². The van der Waals surface area contributed by atoms with Crippen molar-refractivity contribution in [3.63, 3.8) is 0 Å². The van der Waals surface area contributed by atoms with E-state index in [9.17, 15) is 9.18 Å².